The average molecular weight is 483 g/mol. The van der Waals surface area contributed by atoms with E-state index in [1.165, 1.54) is 0 Å². The highest BCUT2D eigenvalue weighted by molar-refractivity contribution is 6.30. The summed E-state index contributed by atoms with van der Waals surface area (Å²) in [7, 11) is 3.19. The molecule has 1 aliphatic carbocycles. The molecule has 0 radical (unpaired) electrons. The number of fused-ring (bicyclic) bond motifs is 1. The van der Waals surface area contributed by atoms with E-state index in [0.717, 1.165) is 16.7 Å². The fraction of sp³-hybridized carbons (Fsp3) is 0.100. The zero-order valence-corrected chi connectivity index (χ0v) is 20.1. The van der Waals surface area contributed by atoms with Crippen molar-refractivity contribution in [1.82, 2.24) is 0 Å². The van der Waals surface area contributed by atoms with Gasteiger partial charge < -0.3 is 14.2 Å². The van der Waals surface area contributed by atoms with Crippen LogP contribution in [-0.4, -0.2) is 20.0 Å². The lowest BCUT2D eigenvalue weighted by molar-refractivity contribution is 0.103. The van der Waals surface area contributed by atoms with Crippen molar-refractivity contribution in [2.24, 2.45) is 0 Å². The van der Waals surface area contributed by atoms with Crippen LogP contribution in [0, 0.1) is 0 Å². The number of hydrogen-bond acceptors (Lipinski definition) is 4. The Morgan fingerprint density at radius 2 is 1.51 bits per heavy atom. The number of benzene rings is 4. The van der Waals surface area contributed by atoms with Gasteiger partial charge in [-0.15, -0.1) is 0 Å². The number of methoxy groups -OCH3 is 2. The number of rotatable bonds is 6. The molecule has 1 unspecified atom stereocenters. The van der Waals surface area contributed by atoms with Gasteiger partial charge in [0, 0.05) is 16.5 Å². The van der Waals surface area contributed by atoms with E-state index in [4.69, 9.17) is 25.8 Å². The van der Waals surface area contributed by atoms with E-state index in [1.807, 2.05) is 72.8 Å². The number of carbonyl (C=O) groups excluding carboxylic acids is 1. The largest absolute Gasteiger partial charge is 0.493 e. The van der Waals surface area contributed by atoms with Crippen LogP contribution in [0.3, 0.4) is 0 Å². The highest BCUT2D eigenvalue weighted by Crippen LogP contribution is 2.47. The van der Waals surface area contributed by atoms with Gasteiger partial charge in [0.25, 0.3) is 0 Å². The highest BCUT2D eigenvalue weighted by atomic mass is 35.5. The molecule has 4 aromatic carbocycles. The monoisotopic (exact) mass is 482 g/mol. The minimum atomic E-state index is -0.222. The zero-order chi connectivity index (χ0) is 24.4. The molecule has 4 nitrogen and oxygen atoms in total. The number of carbonyl (C=O) groups is 1. The zero-order valence-electron chi connectivity index (χ0n) is 19.3. The van der Waals surface area contributed by atoms with Crippen molar-refractivity contribution in [3.63, 3.8) is 0 Å². The molecule has 1 atom stereocenters. The Balaban J connectivity index is 1.64. The van der Waals surface area contributed by atoms with Gasteiger partial charge in [0.05, 0.1) is 19.8 Å². The van der Waals surface area contributed by atoms with Crippen LogP contribution in [0.4, 0.5) is 0 Å². The standard InChI is InChI=1S/C30H23ClO4/c1-33-25-16-11-19(18-27(25)34-2)17-24-28(20-7-4-3-5-8-20)23-9-6-10-26(29(23)30(24)32)35-22-14-12-21(31)13-15-22/h3-18,28H,1-2H3/b24-17-. The third-order valence-corrected chi connectivity index (χ3v) is 6.33. The molecule has 174 valence electrons. The summed E-state index contributed by atoms with van der Waals surface area (Å²) in [6.45, 7) is 0. The number of hydrogen-bond donors (Lipinski definition) is 0. The lowest BCUT2D eigenvalue weighted by atomic mass is 9.89. The quantitative estimate of drug-likeness (QED) is 0.266. The maximum absolute atomic E-state index is 13.9. The molecule has 0 heterocycles. The Morgan fingerprint density at radius 3 is 2.23 bits per heavy atom. The van der Waals surface area contributed by atoms with Crippen LogP contribution in [0.2, 0.25) is 5.02 Å². The molecule has 0 N–H and O–H groups in total. The minimum Gasteiger partial charge on any atom is -0.493 e. The summed E-state index contributed by atoms with van der Waals surface area (Å²) in [6.07, 6.45) is 1.92. The molecular formula is C30H23ClO4. The number of halogens is 1. The van der Waals surface area contributed by atoms with Crippen molar-refractivity contribution in [1.29, 1.82) is 0 Å². The van der Waals surface area contributed by atoms with Gasteiger partial charge in [0.2, 0.25) is 0 Å². The van der Waals surface area contributed by atoms with Crippen molar-refractivity contribution in [2.45, 2.75) is 5.92 Å². The third-order valence-electron chi connectivity index (χ3n) is 6.07. The summed E-state index contributed by atoms with van der Waals surface area (Å²) >= 11 is 6.02. The van der Waals surface area contributed by atoms with Gasteiger partial charge in [-0.25, -0.2) is 0 Å². The smallest absolute Gasteiger partial charge is 0.194 e. The number of ether oxygens (including phenoxy) is 3. The van der Waals surface area contributed by atoms with Gasteiger partial charge in [0.15, 0.2) is 17.3 Å². The molecule has 0 fully saturated rings. The van der Waals surface area contributed by atoms with Crippen molar-refractivity contribution in [3.8, 4) is 23.0 Å². The molecule has 5 rings (SSSR count). The van der Waals surface area contributed by atoms with E-state index < -0.39 is 0 Å². The van der Waals surface area contributed by atoms with E-state index in [9.17, 15) is 4.79 Å². The van der Waals surface area contributed by atoms with Crippen LogP contribution < -0.4 is 14.2 Å². The van der Waals surface area contributed by atoms with E-state index in [2.05, 4.69) is 0 Å². The van der Waals surface area contributed by atoms with Crippen LogP contribution in [0.15, 0.2) is 96.6 Å². The Kier molecular flexibility index (Phi) is 6.30. The second-order valence-corrected chi connectivity index (χ2v) is 8.60. The van der Waals surface area contributed by atoms with Gasteiger partial charge in [-0.1, -0.05) is 60.1 Å². The molecule has 5 heteroatoms. The molecule has 1 aliphatic rings. The number of ketones is 1. The Bertz CT molecular complexity index is 1410. The van der Waals surface area contributed by atoms with E-state index in [1.54, 1.807) is 38.5 Å². The molecule has 4 aromatic rings. The topological polar surface area (TPSA) is 44.8 Å². The summed E-state index contributed by atoms with van der Waals surface area (Å²) in [4.78, 5) is 13.9. The average Bonchev–Trinajstić information content (AvgIpc) is 3.17. The van der Waals surface area contributed by atoms with E-state index in [-0.39, 0.29) is 11.7 Å². The maximum atomic E-state index is 13.9. The van der Waals surface area contributed by atoms with Crippen LogP contribution in [0.5, 0.6) is 23.0 Å². The third kappa shape index (κ3) is 4.41. The van der Waals surface area contributed by atoms with Gasteiger partial charge in [0.1, 0.15) is 11.5 Å². The molecule has 0 bridgehead atoms. The highest BCUT2D eigenvalue weighted by Gasteiger charge is 2.38. The summed E-state index contributed by atoms with van der Waals surface area (Å²) in [5.74, 6) is 2.09. The molecular weight excluding hydrogens is 460 g/mol. The van der Waals surface area contributed by atoms with Crippen LogP contribution in [-0.2, 0) is 0 Å². The predicted octanol–water partition coefficient (Wildman–Crippen LogP) is 7.56. The first kappa shape index (κ1) is 22.8. The van der Waals surface area contributed by atoms with Crippen molar-refractivity contribution >= 4 is 23.5 Å². The Hall–Kier alpha value is -4.02. The minimum absolute atomic E-state index is 0.0619. The second kappa shape index (κ2) is 9.69. The second-order valence-electron chi connectivity index (χ2n) is 8.16. The molecule has 0 aromatic heterocycles. The summed E-state index contributed by atoms with van der Waals surface area (Å²) in [5.41, 5.74) is 4.04. The van der Waals surface area contributed by atoms with Crippen LogP contribution in [0.25, 0.3) is 6.08 Å². The molecule has 0 aliphatic heterocycles. The summed E-state index contributed by atoms with van der Waals surface area (Å²) in [5, 5.41) is 0.621. The van der Waals surface area contributed by atoms with Crippen molar-refractivity contribution < 1.29 is 19.0 Å². The number of Topliss-reactive ketones (excluding diaryl/α,β-unsaturated/α-hetero) is 1. The Labute approximate surface area is 209 Å². The van der Waals surface area contributed by atoms with Crippen LogP contribution >= 0.6 is 11.6 Å². The maximum Gasteiger partial charge on any atom is 0.194 e. The summed E-state index contributed by atoms with van der Waals surface area (Å²) in [6, 6.07) is 28.5. The van der Waals surface area contributed by atoms with Crippen molar-refractivity contribution in [2.75, 3.05) is 14.2 Å². The van der Waals surface area contributed by atoms with Crippen LogP contribution in [0.1, 0.15) is 33.0 Å². The molecule has 0 saturated heterocycles. The van der Waals surface area contributed by atoms with E-state index >= 15 is 0 Å². The number of allylic oxidation sites excluding steroid dienone is 1. The lowest BCUT2D eigenvalue weighted by Crippen LogP contribution is -2.02. The first-order chi connectivity index (χ1) is 17.1. The Morgan fingerprint density at radius 1 is 0.771 bits per heavy atom. The van der Waals surface area contributed by atoms with Gasteiger partial charge in [-0.3, -0.25) is 4.79 Å². The molecule has 0 saturated carbocycles. The van der Waals surface area contributed by atoms with Gasteiger partial charge in [-0.2, -0.15) is 0 Å². The lowest BCUT2D eigenvalue weighted by Gasteiger charge is -2.15. The molecule has 0 amide bonds. The van der Waals surface area contributed by atoms with Crippen molar-refractivity contribution in [3.05, 3.63) is 124 Å². The van der Waals surface area contributed by atoms with Gasteiger partial charge >= 0.3 is 0 Å². The SMILES string of the molecule is COc1ccc(/C=C2\C(=O)c3c(Oc4ccc(Cl)cc4)cccc3C2c2ccccc2)cc1OC. The first-order valence-corrected chi connectivity index (χ1v) is 11.6. The fourth-order valence-electron chi connectivity index (χ4n) is 4.46. The molecule has 35 heavy (non-hydrogen) atoms. The summed E-state index contributed by atoms with van der Waals surface area (Å²) < 4.78 is 17.0. The molecule has 0 spiro atoms. The van der Waals surface area contributed by atoms with Gasteiger partial charge in [-0.05, 0) is 65.2 Å². The normalized spacial score (nSPS) is 15.7. The first-order valence-electron chi connectivity index (χ1n) is 11.2. The fourth-order valence-corrected chi connectivity index (χ4v) is 4.59. The van der Waals surface area contributed by atoms with E-state index in [0.29, 0.717) is 39.2 Å². The predicted molar refractivity (Wildman–Crippen MR) is 138 cm³/mol.